The summed E-state index contributed by atoms with van der Waals surface area (Å²) in [5, 5.41) is 12.1. The lowest BCUT2D eigenvalue weighted by molar-refractivity contribution is 0.0697. The minimum atomic E-state index is -0.913. The molecule has 1 fully saturated rings. The van der Waals surface area contributed by atoms with Gasteiger partial charge in [0.05, 0.1) is 5.56 Å². The van der Waals surface area contributed by atoms with Crippen LogP contribution in [0, 0.1) is 0 Å². The van der Waals surface area contributed by atoms with Crippen molar-refractivity contribution in [3.63, 3.8) is 0 Å². The summed E-state index contributed by atoms with van der Waals surface area (Å²) in [6.45, 7) is 0. The van der Waals surface area contributed by atoms with Crippen molar-refractivity contribution in [3.05, 3.63) is 23.9 Å². The average Bonchev–Trinajstić information content (AvgIpc) is 2.30. The van der Waals surface area contributed by atoms with Crippen LogP contribution in [-0.4, -0.2) is 33.6 Å². The number of pyridine rings is 1. The van der Waals surface area contributed by atoms with Crippen LogP contribution in [0.4, 0.5) is 5.82 Å². The predicted molar refractivity (Wildman–Crippen MR) is 65.2 cm³/mol. The largest absolute Gasteiger partial charge is 0.478 e. The molecule has 4 nitrogen and oxygen atoms in total. The first-order valence-electron chi connectivity index (χ1n) is 5.29. The number of aromatic nitrogens is 1. The first-order valence-corrected chi connectivity index (χ1v) is 6.45. The molecule has 2 heterocycles. The van der Waals surface area contributed by atoms with Crippen LogP contribution in [0.2, 0.25) is 0 Å². The van der Waals surface area contributed by atoms with Crippen molar-refractivity contribution >= 4 is 23.5 Å². The van der Waals surface area contributed by atoms with Gasteiger partial charge in [0.2, 0.25) is 0 Å². The van der Waals surface area contributed by atoms with Crippen molar-refractivity contribution in [3.8, 4) is 0 Å². The molecule has 16 heavy (non-hydrogen) atoms. The number of carbonyl (C=O) groups is 1. The Morgan fingerprint density at radius 2 is 2.50 bits per heavy atom. The van der Waals surface area contributed by atoms with Gasteiger partial charge in [-0.2, -0.15) is 11.8 Å². The first-order chi connectivity index (χ1) is 7.75. The number of thioether (sulfide) groups is 1. The second-order valence-corrected chi connectivity index (χ2v) is 4.94. The van der Waals surface area contributed by atoms with E-state index in [4.69, 9.17) is 5.11 Å². The van der Waals surface area contributed by atoms with Crippen molar-refractivity contribution in [2.24, 2.45) is 0 Å². The molecule has 0 aromatic carbocycles. The fraction of sp³-hybridized carbons (Fsp3) is 0.455. The van der Waals surface area contributed by atoms with Crippen LogP contribution in [0.15, 0.2) is 18.3 Å². The van der Waals surface area contributed by atoms with E-state index < -0.39 is 5.97 Å². The van der Waals surface area contributed by atoms with E-state index in [0.717, 1.165) is 12.2 Å². The van der Waals surface area contributed by atoms with E-state index in [-0.39, 0.29) is 5.56 Å². The zero-order chi connectivity index (χ0) is 11.4. The van der Waals surface area contributed by atoms with Crippen LogP contribution in [0.1, 0.15) is 23.2 Å². The van der Waals surface area contributed by atoms with Gasteiger partial charge in [-0.25, -0.2) is 9.78 Å². The van der Waals surface area contributed by atoms with Gasteiger partial charge < -0.3 is 10.4 Å². The zero-order valence-corrected chi connectivity index (χ0v) is 9.67. The molecule has 0 radical (unpaired) electrons. The van der Waals surface area contributed by atoms with Crippen molar-refractivity contribution in [1.82, 2.24) is 4.98 Å². The second-order valence-electron chi connectivity index (χ2n) is 3.79. The van der Waals surface area contributed by atoms with E-state index >= 15 is 0 Å². The lowest BCUT2D eigenvalue weighted by Crippen LogP contribution is -2.26. The highest BCUT2D eigenvalue weighted by Crippen LogP contribution is 2.20. The topological polar surface area (TPSA) is 62.2 Å². The molecular formula is C11H14N2O2S. The Hall–Kier alpha value is -1.23. The van der Waals surface area contributed by atoms with Crippen molar-refractivity contribution in [1.29, 1.82) is 0 Å². The Labute approximate surface area is 98.5 Å². The van der Waals surface area contributed by atoms with Gasteiger partial charge in [0.25, 0.3) is 0 Å². The first kappa shape index (κ1) is 11.3. The van der Waals surface area contributed by atoms with Gasteiger partial charge in [0, 0.05) is 18.0 Å². The van der Waals surface area contributed by atoms with E-state index in [9.17, 15) is 4.79 Å². The molecule has 1 unspecified atom stereocenters. The van der Waals surface area contributed by atoms with Crippen LogP contribution in [0.3, 0.4) is 0 Å². The third-order valence-electron chi connectivity index (χ3n) is 2.52. The second kappa shape index (κ2) is 5.21. The van der Waals surface area contributed by atoms with Crippen molar-refractivity contribution in [2.75, 3.05) is 16.8 Å². The van der Waals surface area contributed by atoms with E-state index in [1.54, 1.807) is 6.07 Å². The molecule has 0 bridgehead atoms. The number of hydrogen-bond donors (Lipinski definition) is 2. The van der Waals surface area contributed by atoms with Gasteiger partial charge in [0.15, 0.2) is 0 Å². The summed E-state index contributed by atoms with van der Waals surface area (Å²) < 4.78 is 0. The average molecular weight is 238 g/mol. The maximum absolute atomic E-state index is 10.8. The number of anilines is 1. The molecule has 0 spiro atoms. The van der Waals surface area contributed by atoms with E-state index in [1.807, 2.05) is 11.8 Å². The molecule has 1 aromatic rings. The minimum absolute atomic E-state index is 0.279. The molecular weight excluding hydrogens is 224 g/mol. The lowest BCUT2D eigenvalue weighted by Gasteiger charge is -2.22. The van der Waals surface area contributed by atoms with Gasteiger partial charge in [0.1, 0.15) is 5.82 Å². The molecule has 0 aliphatic carbocycles. The molecule has 2 N–H and O–H groups in total. The standard InChI is InChI=1S/C11H14N2O2S/c14-11(15)8-3-4-12-10(6-8)13-9-2-1-5-16-7-9/h3-4,6,9H,1-2,5,7H2,(H,12,13)(H,14,15). The number of nitrogens with zero attached hydrogens (tertiary/aromatic N) is 1. The fourth-order valence-electron chi connectivity index (χ4n) is 1.71. The lowest BCUT2D eigenvalue weighted by atomic mass is 10.2. The van der Waals surface area contributed by atoms with Crippen molar-refractivity contribution < 1.29 is 9.90 Å². The Bertz CT molecular complexity index is 378. The molecule has 1 saturated heterocycles. The number of hydrogen-bond acceptors (Lipinski definition) is 4. The molecule has 1 aliphatic heterocycles. The fourth-order valence-corrected chi connectivity index (χ4v) is 2.78. The molecule has 2 rings (SSSR count). The highest BCUT2D eigenvalue weighted by molar-refractivity contribution is 7.99. The summed E-state index contributed by atoms with van der Waals surface area (Å²) in [5.74, 6) is 2.04. The Morgan fingerprint density at radius 1 is 1.62 bits per heavy atom. The Balaban J connectivity index is 2.02. The zero-order valence-electron chi connectivity index (χ0n) is 8.85. The van der Waals surface area contributed by atoms with Gasteiger partial charge in [-0.05, 0) is 30.7 Å². The highest BCUT2D eigenvalue weighted by Gasteiger charge is 2.14. The van der Waals surface area contributed by atoms with Crippen LogP contribution < -0.4 is 5.32 Å². The molecule has 0 saturated carbocycles. The predicted octanol–water partition coefficient (Wildman–Crippen LogP) is 2.09. The summed E-state index contributed by atoms with van der Waals surface area (Å²) in [6.07, 6.45) is 3.87. The number of carboxylic acids is 1. The van der Waals surface area contributed by atoms with Crippen LogP contribution >= 0.6 is 11.8 Å². The van der Waals surface area contributed by atoms with Crippen LogP contribution in [0.25, 0.3) is 0 Å². The van der Waals surface area contributed by atoms with Crippen molar-refractivity contribution in [2.45, 2.75) is 18.9 Å². The molecule has 5 heteroatoms. The molecule has 0 amide bonds. The number of aromatic carboxylic acids is 1. The van der Waals surface area contributed by atoms with Gasteiger partial charge in [-0.1, -0.05) is 0 Å². The number of carboxylic acid groups (broad SMARTS) is 1. The maximum atomic E-state index is 10.8. The van der Waals surface area contributed by atoms with E-state index in [1.165, 1.54) is 24.4 Å². The summed E-state index contributed by atoms with van der Waals surface area (Å²) >= 11 is 1.93. The summed E-state index contributed by atoms with van der Waals surface area (Å²) in [5.41, 5.74) is 0.279. The number of rotatable bonds is 3. The minimum Gasteiger partial charge on any atom is -0.478 e. The summed E-state index contributed by atoms with van der Waals surface area (Å²) in [4.78, 5) is 14.9. The summed E-state index contributed by atoms with van der Waals surface area (Å²) in [7, 11) is 0. The van der Waals surface area contributed by atoms with Gasteiger partial charge >= 0.3 is 5.97 Å². The summed E-state index contributed by atoms with van der Waals surface area (Å²) in [6, 6.07) is 3.50. The monoisotopic (exact) mass is 238 g/mol. The Morgan fingerprint density at radius 3 is 3.19 bits per heavy atom. The maximum Gasteiger partial charge on any atom is 0.335 e. The Kier molecular flexibility index (Phi) is 3.66. The normalized spacial score (nSPS) is 20.4. The van der Waals surface area contributed by atoms with Crippen LogP contribution in [-0.2, 0) is 0 Å². The highest BCUT2D eigenvalue weighted by atomic mass is 32.2. The van der Waals surface area contributed by atoms with Gasteiger partial charge in [-0.3, -0.25) is 0 Å². The molecule has 1 atom stereocenters. The molecule has 1 aromatic heterocycles. The SMILES string of the molecule is O=C(O)c1ccnc(NC2CCCSC2)c1. The quantitative estimate of drug-likeness (QED) is 0.844. The smallest absolute Gasteiger partial charge is 0.335 e. The molecule has 86 valence electrons. The van der Waals surface area contributed by atoms with Gasteiger partial charge in [-0.15, -0.1) is 0 Å². The van der Waals surface area contributed by atoms with Crippen LogP contribution in [0.5, 0.6) is 0 Å². The molecule has 1 aliphatic rings. The number of nitrogens with one attached hydrogen (secondary N) is 1. The third kappa shape index (κ3) is 2.88. The van der Waals surface area contributed by atoms with E-state index in [0.29, 0.717) is 11.9 Å². The third-order valence-corrected chi connectivity index (χ3v) is 3.73. The van der Waals surface area contributed by atoms with E-state index in [2.05, 4.69) is 10.3 Å².